The van der Waals surface area contributed by atoms with E-state index in [4.69, 9.17) is 10.8 Å². The molecule has 0 aliphatic heterocycles. The highest BCUT2D eigenvalue weighted by molar-refractivity contribution is 7.98. The van der Waals surface area contributed by atoms with Gasteiger partial charge in [0.05, 0.1) is 19.0 Å². The molecule has 0 aliphatic carbocycles. The highest BCUT2D eigenvalue weighted by atomic mass is 32.2. The van der Waals surface area contributed by atoms with Crippen molar-refractivity contribution in [3.63, 3.8) is 0 Å². The van der Waals surface area contributed by atoms with Crippen LogP contribution in [0.4, 0.5) is 0 Å². The van der Waals surface area contributed by atoms with Gasteiger partial charge in [0.15, 0.2) is 0 Å². The molecule has 186 valence electrons. The summed E-state index contributed by atoms with van der Waals surface area (Å²) in [5.41, 5.74) is 6.50. The molecule has 1 heterocycles. The van der Waals surface area contributed by atoms with Crippen LogP contribution in [0.2, 0.25) is 0 Å². The van der Waals surface area contributed by atoms with Crippen LogP contribution < -0.4 is 21.7 Å². The minimum Gasteiger partial charge on any atom is -0.480 e. The number of amides is 3. The number of aromatic amines is 1. The summed E-state index contributed by atoms with van der Waals surface area (Å²) in [6.07, 6.45) is 7.39. The lowest BCUT2D eigenvalue weighted by molar-refractivity contribution is -0.143. The van der Waals surface area contributed by atoms with E-state index in [1.807, 2.05) is 12.5 Å². The summed E-state index contributed by atoms with van der Waals surface area (Å²) in [5.74, 6) is -2.09. The summed E-state index contributed by atoms with van der Waals surface area (Å²) in [7, 11) is 0. The number of imidazole rings is 1. The fraction of sp³-hybridized carbons (Fsp3) is 0.632. The van der Waals surface area contributed by atoms with E-state index in [1.165, 1.54) is 24.3 Å². The number of aromatic nitrogens is 2. The first-order valence-corrected chi connectivity index (χ1v) is 13.0. The number of aliphatic carboxylic acids is 1. The van der Waals surface area contributed by atoms with E-state index in [0.29, 0.717) is 23.6 Å². The molecule has 0 aliphatic rings. The first kappa shape index (κ1) is 28.7. The smallest absolute Gasteiger partial charge is 0.328 e. The fourth-order valence-electron chi connectivity index (χ4n) is 2.71. The number of nitrogens with zero attached hydrogens (tertiary/aromatic N) is 1. The molecule has 0 aromatic carbocycles. The Morgan fingerprint density at radius 2 is 1.58 bits per heavy atom. The standard InChI is InChI=1S/C19H32N6O6S2/c1-32-5-3-12(20)16(27)24-14(7-11-8-21-10-22-11)18(29)23-13(4-6-33-2)17(28)25-15(9-26)19(30)31/h8,10,12-15,26H,3-7,9,20H2,1-2H3,(H,21,22)(H,23,29)(H,24,27)(H,25,28)(H,30,31). The van der Waals surface area contributed by atoms with Gasteiger partial charge in [0.25, 0.3) is 0 Å². The number of carbonyl (C=O) groups excluding carboxylic acids is 3. The molecule has 4 unspecified atom stereocenters. The van der Waals surface area contributed by atoms with Crippen LogP contribution in [0.3, 0.4) is 0 Å². The summed E-state index contributed by atoms with van der Waals surface area (Å²) < 4.78 is 0. The maximum absolute atomic E-state index is 13.1. The molecule has 0 saturated carbocycles. The number of H-pyrrole nitrogens is 1. The summed E-state index contributed by atoms with van der Waals surface area (Å²) in [4.78, 5) is 56.1. The number of nitrogens with two attached hydrogens (primary N) is 1. The van der Waals surface area contributed by atoms with E-state index in [0.717, 1.165) is 0 Å². The summed E-state index contributed by atoms with van der Waals surface area (Å²) in [6.45, 7) is -0.795. The third kappa shape index (κ3) is 10.5. The lowest BCUT2D eigenvalue weighted by atomic mass is 10.1. The Balaban J connectivity index is 2.97. The molecule has 12 nitrogen and oxygen atoms in total. The number of carbonyl (C=O) groups is 4. The van der Waals surface area contributed by atoms with E-state index in [1.54, 1.807) is 11.8 Å². The molecule has 4 atom stereocenters. The number of hydrogen-bond acceptors (Lipinski definition) is 9. The Morgan fingerprint density at radius 1 is 1.00 bits per heavy atom. The van der Waals surface area contributed by atoms with Crippen LogP contribution in [0.15, 0.2) is 12.5 Å². The van der Waals surface area contributed by atoms with E-state index in [9.17, 15) is 24.3 Å². The highest BCUT2D eigenvalue weighted by Crippen LogP contribution is 2.06. The second-order valence-corrected chi connectivity index (χ2v) is 9.13. The van der Waals surface area contributed by atoms with Gasteiger partial charge in [0, 0.05) is 18.3 Å². The lowest BCUT2D eigenvalue weighted by Gasteiger charge is -2.24. The SMILES string of the molecule is CSCCC(N)C(=O)NC(Cc1cnc[nH]1)C(=O)NC(CCSC)C(=O)NC(CO)C(=O)O. The maximum atomic E-state index is 13.1. The maximum Gasteiger partial charge on any atom is 0.328 e. The van der Waals surface area contributed by atoms with Crippen LogP contribution in [-0.2, 0) is 25.6 Å². The molecule has 0 bridgehead atoms. The predicted molar refractivity (Wildman–Crippen MR) is 127 cm³/mol. The molecule has 1 rings (SSSR count). The summed E-state index contributed by atoms with van der Waals surface area (Å²) >= 11 is 2.99. The minimum absolute atomic E-state index is 0.0814. The normalized spacial score (nSPS) is 14.5. The minimum atomic E-state index is -1.50. The average Bonchev–Trinajstić information content (AvgIpc) is 3.30. The Labute approximate surface area is 200 Å². The van der Waals surface area contributed by atoms with Gasteiger partial charge in [-0.2, -0.15) is 23.5 Å². The van der Waals surface area contributed by atoms with E-state index >= 15 is 0 Å². The molecule has 0 fully saturated rings. The molecular formula is C19H32N6O6S2. The zero-order valence-electron chi connectivity index (χ0n) is 18.6. The van der Waals surface area contributed by atoms with Crippen LogP contribution in [0.5, 0.6) is 0 Å². The third-order valence-corrected chi connectivity index (χ3v) is 5.91. The summed E-state index contributed by atoms with van der Waals surface area (Å²) in [5, 5.41) is 25.7. The van der Waals surface area contributed by atoms with Gasteiger partial charge in [-0.15, -0.1) is 0 Å². The molecule has 0 radical (unpaired) electrons. The molecule has 1 aromatic heterocycles. The zero-order valence-corrected chi connectivity index (χ0v) is 20.2. The second kappa shape index (κ2) is 15.5. The van der Waals surface area contributed by atoms with Gasteiger partial charge in [-0.25, -0.2) is 9.78 Å². The van der Waals surface area contributed by atoms with Crippen molar-refractivity contribution in [3.05, 3.63) is 18.2 Å². The largest absolute Gasteiger partial charge is 0.480 e. The molecule has 0 spiro atoms. The number of hydrogen-bond donors (Lipinski definition) is 7. The Bertz CT molecular complexity index is 766. The third-order valence-electron chi connectivity index (χ3n) is 4.62. The van der Waals surface area contributed by atoms with Gasteiger partial charge < -0.3 is 36.9 Å². The first-order chi connectivity index (χ1) is 15.7. The Hall–Kier alpha value is -2.29. The van der Waals surface area contributed by atoms with Crippen LogP contribution in [0, 0.1) is 0 Å². The quantitative estimate of drug-likeness (QED) is 0.136. The topological polar surface area (TPSA) is 200 Å². The molecule has 0 saturated heterocycles. The van der Waals surface area contributed by atoms with E-state index < -0.39 is 54.5 Å². The van der Waals surface area contributed by atoms with Gasteiger partial charge >= 0.3 is 5.97 Å². The zero-order chi connectivity index (χ0) is 24.8. The van der Waals surface area contributed by atoms with Gasteiger partial charge in [-0.05, 0) is 36.9 Å². The van der Waals surface area contributed by atoms with Gasteiger partial charge in [0.1, 0.15) is 18.1 Å². The van der Waals surface area contributed by atoms with Crippen molar-refractivity contribution < 1.29 is 29.4 Å². The predicted octanol–water partition coefficient (Wildman–Crippen LogP) is -1.68. The van der Waals surface area contributed by atoms with Gasteiger partial charge in [-0.1, -0.05) is 0 Å². The highest BCUT2D eigenvalue weighted by Gasteiger charge is 2.30. The second-order valence-electron chi connectivity index (χ2n) is 7.15. The van der Waals surface area contributed by atoms with Crippen LogP contribution in [0.1, 0.15) is 18.5 Å². The fourth-order valence-corrected chi connectivity index (χ4v) is 3.68. The van der Waals surface area contributed by atoms with Crippen molar-refractivity contribution in [3.8, 4) is 0 Å². The number of thioether (sulfide) groups is 2. The molecule has 1 aromatic rings. The van der Waals surface area contributed by atoms with Crippen LogP contribution in [-0.4, -0.2) is 98.7 Å². The molecule has 3 amide bonds. The van der Waals surface area contributed by atoms with Crippen molar-refractivity contribution in [2.24, 2.45) is 5.73 Å². The van der Waals surface area contributed by atoms with Crippen molar-refractivity contribution in [1.82, 2.24) is 25.9 Å². The van der Waals surface area contributed by atoms with Crippen molar-refractivity contribution in [2.45, 2.75) is 43.4 Å². The number of aliphatic hydroxyl groups is 1. The van der Waals surface area contributed by atoms with Gasteiger partial charge in [-0.3, -0.25) is 14.4 Å². The first-order valence-electron chi connectivity index (χ1n) is 10.2. The summed E-state index contributed by atoms with van der Waals surface area (Å²) in [6, 6.07) is -4.41. The lowest BCUT2D eigenvalue weighted by Crippen LogP contribution is -2.58. The number of nitrogens with one attached hydrogen (secondary N) is 4. The number of carboxylic acids is 1. The number of aliphatic hydroxyl groups excluding tert-OH is 1. The number of carboxylic acid groups (broad SMARTS) is 1. The molecular weight excluding hydrogens is 472 g/mol. The Morgan fingerprint density at radius 3 is 2.12 bits per heavy atom. The molecule has 14 heteroatoms. The van der Waals surface area contributed by atoms with Crippen LogP contribution >= 0.6 is 23.5 Å². The Kier molecular flexibility index (Phi) is 13.5. The monoisotopic (exact) mass is 504 g/mol. The van der Waals surface area contributed by atoms with Crippen molar-refractivity contribution in [2.75, 3.05) is 30.6 Å². The van der Waals surface area contributed by atoms with Crippen molar-refractivity contribution >= 4 is 47.2 Å². The average molecular weight is 505 g/mol. The van der Waals surface area contributed by atoms with E-state index in [2.05, 4.69) is 25.9 Å². The number of rotatable bonds is 16. The van der Waals surface area contributed by atoms with E-state index in [-0.39, 0.29) is 12.8 Å². The van der Waals surface area contributed by atoms with Crippen molar-refractivity contribution in [1.29, 1.82) is 0 Å². The molecule has 33 heavy (non-hydrogen) atoms. The molecule has 8 N–H and O–H groups in total. The van der Waals surface area contributed by atoms with Crippen LogP contribution in [0.25, 0.3) is 0 Å². The van der Waals surface area contributed by atoms with Gasteiger partial charge in [0.2, 0.25) is 17.7 Å².